The summed E-state index contributed by atoms with van der Waals surface area (Å²) in [6, 6.07) is 5.60. The van der Waals surface area contributed by atoms with Crippen LogP contribution in [0.2, 0.25) is 5.02 Å². The average molecular weight is 255 g/mol. The summed E-state index contributed by atoms with van der Waals surface area (Å²) in [7, 11) is 0. The standard InChI is InChI=1S/C13H15ClOS/c1-9-6-10(8-11(14)7-9)13(15)12-4-2-3-5-16-12/h6-8,12H,2-5H2,1H3. The van der Waals surface area contributed by atoms with E-state index in [0.717, 1.165) is 23.3 Å². The van der Waals surface area contributed by atoms with E-state index in [1.54, 1.807) is 17.8 Å². The Hall–Kier alpha value is -0.470. The third-order valence-electron chi connectivity index (χ3n) is 2.80. The normalized spacial score (nSPS) is 20.8. The number of rotatable bonds is 2. The minimum absolute atomic E-state index is 0.145. The number of thioether (sulfide) groups is 1. The van der Waals surface area contributed by atoms with Crippen LogP contribution in [-0.2, 0) is 0 Å². The lowest BCUT2D eigenvalue weighted by Crippen LogP contribution is -2.21. The van der Waals surface area contributed by atoms with Crippen LogP contribution in [0.1, 0.15) is 35.2 Å². The van der Waals surface area contributed by atoms with Crippen molar-refractivity contribution in [1.82, 2.24) is 0 Å². The maximum absolute atomic E-state index is 12.2. The van der Waals surface area contributed by atoms with E-state index in [-0.39, 0.29) is 11.0 Å². The number of carbonyl (C=O) groups is 1. The number of carbonyl (C=O) groups excluding carboxylic acids is 1. The Morgan fingerprint density at radius 1 is 1.38 bits per heavy atom. The molecule has 1 aromatic carbocycles. The smallest absolute Gasteiger partial charge is 0.175 e. The number of hydrogen-bond donors (Lipinski definition) is 0. The molecule has 2 rings (SSSR count). The minimum Gasteiger partial charge on any atom is -0.293 e. The monoisotopic (exact) mass is 254 g/mol. The summed E-state index contributed by atoms with van der Waals surface area (Å²) in [5, 5.41) is 0.802. The van der Waals surface area contributed by atoms with Crippen LogP contribution in [0.15, 0.2) is 18.2 Å². The molecule has 3 heteroatoms. The van der Waals surface area contributed by atoms with Crippen LogP contribution < -0.4 is 0 Å². The van der Waals surface area contributed by atoms with Crippen molar-refractivity contribution in [1.29, 1.82) is 0 Å². The van der Waals surface area contributed by atoms with Crippen molar-refractivity contribution in [3.05, 3.63) is 34.3 Å². The summed E-state index contributed by atoms with van der Waals surface area (Å²) < 4.78 is 0. The number of halogens is 1. The van der Waals surface area contributed by atoms with E-state index in [0.29, 0.717) is 5.02 Å². The molecule has 1 nitrogen and oxygen atoms in total. The molecule has 1 aliphatic heterocycles. The van der Waals surface area contributed by atoms with Gasteiger partial charge in [0.15, 0.2) is 5.78 Å². The molecular weight excluding hydrogens is 240 g/mol. The molecule has 1 heterocycles. The zero-order chi connectivity index (χ0) is 11.5. The van der Waals surface area contributed by atoms with Gasteiger partial charge < -0.3 is 0 Å². The molecule has 1 fully saturated rings. The van der Waals surface area contributed by atoms with E-state index in [1.807, 2.05) is 19.1 Å². The number of Topliss-reactive ketones (excluding diaryl/α,β-unsaturated/α-hetero) is 1. The molecule has 0 saturated carbocycles. The first-order valence-electron chi connectivity index (χ1n) is 5.60. The van der Waals surface area contributed by atoms with Crippen LogP contribution in [0, 0.1) is 6.92 Å². The van der Waals surface area contributed by atoms with Crippen LogP contribution in [0.4, 0.5) is 0 Å². The quantitative estimate of drug-likeness (QED) is 0.739. The molecule has 0 bridgehead atoms. The molecule has 0 spiro atoms. The second kappa shape index (κ2) is 5.24. The zero-order valence-corrected chi connectivity index (χ0v) is 10.9. The molecule has 0 aromatic heterocycles. The Kier molecular flexibility index (Phi) is 3.93. The lowest BCUT2D eigenvalue weighted by atomic mass is 10.0. The molecular formula is C13H15ClOS. The number of ketones is 1. The second-order valence-electron chi connectivity index (χ2n) is 4.24. The molecule has 1 saturated heterocycles. The number of benzene rings is 1. The maximum atomic E-state index is 12.2. The van der Waals surface area contributed by atoms with Crippen LogP contribution >= 0.6 is 23.4 Å². The molecule has 86 valence electrons. The summed E-state index contributed by atoms with van der Waals surface area (Å²) in [5.41, 5.74) is 1.82. The predicted octanol–water partition coefficient (Wildman–Crippen LogP) is 4.12. The van der Waals surface area contributed by atoms with Gasteiger partial charge in [0.25, 0.3) is 0 Å². The van der Waals surface area contributed by atoms with E-state index in [2.05, 4.69) is 0 Å². The first kappa shape index (κ1) is 12.0. The van der Waals surface area contributed by atoms with Gasteiger partial charge in [-0.1, -0.05) is 18.0 Å². The van der Waals surface area contributed by atoms with E-state index >= 15 is 0 Å². The largest absolute Gasteiger partial charge is 0.293 e. The highest BCUT2D eigenvalue weighted by Crippen LogP contribution is 2.28. The van der Waals surface area contributed by atoms with Crippen LogP contribution in [0.25, 0.3) is 0 Å². The van der Waals surface area contributed by atoms with Gasteiger partial charge in [-0.15, -0.1) is 0 Å². The Morgan fingerprint density at radius 2 is 2.19 bits per heavy atom. The van der Waals surface area contributed by atoms with Crippen molar-refractivity contribution in [2.45, 2.75) is 31.4 Å². The van der Waals surface area contributed by atoms with Gasteiger partial charge in [0, 0.05) is 10.6 Å². The highest BCUT2D eigenvalue weighted by molar-refractivity contribution is 8.00. The Labute approximate surface area is 106 Å². The van der Waals surface area contributed by atoms with Crippen molar-refractivity contribution in [2.75, 3.05) is 5.75 Å². The third-order valence-corrected chi connectivity index (χ3v) is 4.39. The van der Waals surface area contributed by atoms with E-state index in [4.69, 9.17) is 11.6 Å². The summed E-state index contributed by atoms with van der Waals surface area (Å²) >= 11 is 7.76. The van der Waals surface area contributed by atoms with E-state index in [1.165, 1.54) is 12.8 Å². The predicted molar refractivity (Wildman–Crippen MR) is 70.6 cm³/mol. The van der Waals surface area contributed by atoms with Crippen molar-refractivity contribution in [3.63, 3.8) is 0 Å². The third kappa shape index (κ3) is 2.80. The van der Waals surface area contributed by atoms with Crippen LogP contribution in [-0.4, -0.2) is 16.8 Å². The van der Waals surface area contributed by atoms with Gasteiger partial charge in [-0.3, -0.25) is 4.79 Å². The molecule has 0 amide bonds. The van der Waals surface area contributed by atoms with E-state index < -0.39 is 0 Å². The maximum Gasteiger partial charge on any atom is 0.175 e. The number of hydrogen-bond acceptors (Lipinski definition) is 2. The van der Waals surface area contributed by atoms with Gasteiger partial charge in [0.05, 0.1) is 5.25 Å². The van der Waals surface area contributed by atoms with Gasteiger partial charge in [0.1, 0.15) is 0 Å². The first-order valence-corrected chi connectivity index (χ1v) is 7.02. The first-order chi connectivity index (χ1) is 7.66. The average Bonchev–Trinajstić information content (AvgIpc) is 2.28. The van der Waals surface area contributed by atoms with Gasteiger partial charge >= 0.3 is 0 Å². The van der Waals surface area contributed by atoms with Crippen LogP contribution in [0.5, 0.6) is 0 Å². The topological polar surface area (TPSA) is 17.1 Å². The molecule has 0 N–H and O–H groups in total. The zero-order valence-electron chi connectivity index (χ0n) is 9.33. The Morgan fingerprint density at radius 3 is 2.81 bits per heavy atom. The summed E-state index contributed by atoms with van der Waals surface area (Å²) in [6.45, 7) is 1.97. The molecule has 1 unspecified atom stereocenters. The second-order valence-corrected chi connectivity index (χ2v) is 5.98. The van der Waals surface area contributed by atoms with Crippen molar-refractivity contribution in [3.8, 4) is 0 Å². The van der Waals surface area contributed by atoms with Crippen LogP contribution in [0.3, 0.4) is 0 Å². The van der Waals surface area contributed by atoms with E-state index in [9.17, 15) is 4.79 Å². The fraction of sp³-hybridized carbons (Fsp3) is 0.462. The number of aryl methyl sites for hydroxylation is 1. The fourth-order valence-electron chi connectivity index (χ4n) is 2.01. The SMILES string of the molecule is Cc1cc(Cl)cc(C(=O)C2CCCCS2)c1. The van der Waals surface area contributed by atoms with Gasteiger partial charge in [-0.2, -0.15) is 11.8 Å². The summed E-state index contributed by atoms with van der Waals surface area (Å²) in [5.74, 6) is 1.35. The molecule has 1 atom stereocenters. The van der Waals surface area contributed by atoms with Crippen molar-refractivity contribution in [2.24, 2.45) is 0 Å². The van der Waals surface area contributed by atoms with Gasteiger partial charge in [-0.05, 0) is 49.3 Å². The lowest BCUT2D eigenvalue weighted by Gasteiger charge is -2.20. The molecule has 16 heavy (non-hydrogen) atoms. The molecule has 1 aromatic rings. The van der Waals surface area contributed by atoms with Crippen molar-refractivity contribution < 1.29 is 4.79 Å². The highest BCUT2D eigenvalue weighted by atomic mass is 35.5. The fourth-order valence-corrected chi connectivity index (χ4v) is 3.58. The van der Waals surface area contributed by atoms with Gasteiger partial charge in [0.2, 0.25) is 0 Å². The minimum atomic E-state index is 0.145. The highest BCUT2D eigenvalue weighted by Gasteiger charge is 2.23. The molecule has 0 aliphatic carbocycles. The molecule has 0 radical (unpaired) electrons. The molecule has 1 aliphatic rings. The van der Waals surface area contributed by atoms with Crippen molar-refractivity contribution >= 4 is 29.1 Å². The lowest BCUT2D eigenvalue weighted by molar-refractivity contribution is 0.0984. The Balaban J connectivity index is 2.19. The Bertz CT molecular complexity index is 377. The summed E-state index contributed by atoms with van der Waals surface area (Å²) in [4.78, 5) is 12.2. The van der Waals surface area contributed by atoms with Gasteiger partial charge in [-0.25, -0.2) is 0 Å². The summed E-state index contributed by atoms with van der Waals surface area (Å²) in [6.07, 6.45) is 3.42.